The molecule has 13 rings (SSSR count). The van der Waals surface area contributed by atoms with Crippen molar-refractivity contribution in [2.24, 2.45) is 9.98 Å². The molecule has 0 saturated heterocycles. The van der Waals surface area contributed by atoms with E-state index in [1.54, 1.807) is 0 Å². The molecule has 1 aliphatic heterocycles. The third kappa shape index (κ3) is 5.49. The number of hydrogen-bond donors (Lipinski definition) is 1. The van der Waals surface area contributed by atoms with Crippen molar-refractivity contribution in [2.45, 2.75) is 19.0 Å². The van der Waals surface area contributed by atoms with Crippen LogP contribution in [0.5, 0.6) is 0 Å². The van der Waals surface area contributed by atoms with Gasteiger partial charge in [-0.2, -0.15) is 0 Å². The first-order valence-electron chi connectivity index (χ1n) is 20.9. The van der Waals surface area contributed by atoms with Crippen molar-refractivity contribution in [3.8, 4) is 11.1 Å². The Kier molecular flexibility index (Phi) is 7.39. The van der Waals surface area contributed by atoms with E-state index in [1.165, 1.54) is 32.9 Å². The van der Waals surface area contributed by atoms with Crippen LogP contribution < -0.4 is 5.32 Å². The normalized spacial score (nSPS) is 15.6. The number of benzene rings is 8. The fraction of sp³-hybridized carbons (Fsp3) is 0.0545. The van der Waals surface area contributed by atoms with Gasteiger partial charge in [0.05, 0.1) is 11.0 Å². The number of para-hydroxylation sites is 2. The standard InChI is InChI=1S/C55H36N4O2/c1-2-12-40(13-3-1)59-47-16-8-6-14-41(47)42-24-20-35(31-48(42)59)36-21-25-44-46-30-39(23-27-51(46)61-52(44)32-36)55-57-53(37-19-18-33-10-4-5-11-34(33)28-37)56-54(58-55)38-22-26-50-45(29-38)43-15-7-9-17-49(43)60-50/h2,4-32,55H,1,3H2,(H,56,57,58). The van der Waals surface area contributed by atoms with E-state index in [9.17, 15) is 0 Å². The van der Waals surface area contributed by atoms with Gasteiger partial charge in [-0.05, 0) is 113 Å². The van der Waals surface area contributed by atoms with Crippen LogP contribution in [0.4, 0.5) is 0 Å². The van der Waals surface area contributed by atoms with Crippen LogP contribution in [0.2, 0.25) is 0 Å². The smallest absolute Gasteiger partial charge is 0.169 e. The molecule has 6 nitrogen and oxygen atoms in total. The summed E-state index contributed by atoms with van der Waals surface area (Å²) in [6.07, 6.45) is 8.52. The fourth-order valence-corrected chi connectivity index (χ4v) is 9.43. The van der Waals surface area contributed by atoms with Gasteiger partial charge in [0, 0.05) is 49.1 Å². The lowest BCUT2D eigenvalue weighted by Gasteiger charge is -2.22. The lowest BCUT2D eigenvalue weighted by atomic mass is 10.0. The summed E-state index contributed by atoms with van der Waals surface area (Å²) in [5.74, 6) is 1.52. The van der Waals surface area contributed by atoms with Gasteiger partial charge in [0.25, 0.3) is 0 Å². The number of amidine groups is 2. The summed E-state index contributed by atoms with van der Waals surface area (Å²) in [7, 11) is 0. The lowest BCUT2D eigenvalue weighted by Crippen LogP contribution is -2.36. The van der Waals surface area contributed by atoms with E-state index < -0.39 is 6.17 Å². The maximum atomic E-state index is 6.59. The second-order valence-corrected chi connectivity index (χ2v) is 16.1. The zero-order valence-electron chi connectivity index (χ0n) is 33.0. The molecule has 1 aliphatic carbocycles. The molecule has 8 aromatic carbocycles. The molecule has 1 atom stereocenters. The molecule has 0 amide bonds. The molecule has 0 bridgehead atoms. The number of aliphatic imine (C=N–C) groups is 2. The molecule has 6 heteroatoms. The highest BCUT2D eigenvalue weighted by molar-refractivity contribution is 6.18. The summed E-state index contributed by atoms with van der Waals surface area (Å²) in [5.41, 5.74) is 12.2. The Labute approximate surface area is 350 Å². The van der Waals surface area contributed by atoms with Crippen LogP contribution >= 0.6 is 0 Å². The molecule has 1 N–H and O–H groups in total. The Balaban J connectivity index is 0.913. The van der Waals surface area contributed by atoms with E-state index in [2.05, 4.69) is 168 Å². The van der Waals surface area contributed by atoms with Gasteiger partial charge in [0.2, 0.25) is 0 Å². The number of nitrogens with zero attached hydrogens (tertiary/aromatic N) is 3. The summed E-state index contributed by atoms with van der Waals surface area (Å²) in [6.45, 7) is 0. The minimum absolute atomic E-state index is 0.490. The second kappa shape index (κ2) is 13.3. The highest BCUT2D eigenvalue weighted by Crippen LogP contribution is 2.39. The Morgan fingerprint density at radius 1 is 0.459 bits per heavy atom. The van der Waals surface area contributed by atoms with Crippen molar-refractivity contribution in [3.63, 3.8) is 0 Å². The molecule has 4 heterocycles. The maximum absolute atomic E-state index is 6.59. The predicted molar refractivity (Wildman–Crippen MR) is 251 cm³/mol. The number of fused-ring (bicyclic) bond motifs is 10. The van der Waals surface area contributed by atoms with E-state index >= 15 is 0 Å². The van der Waals surface area contributed by atoms with Crippen molar-refractivity contribution in [1.82, 2.24) is 9.88 Å². The van der Waals surface area contributed by atoms with Crippen LogP contribution in [-0.4, -0.2) is 16.2 Å². The summed E-state index contributed by atoms with van der Waals surface area (Å²) in [4.78, 5) is 10.6. The molecule has 2 aliphatic rings. The first-order valence-corrected chi connectivity index (χ1v) is 20.9. The molecule has 61 heavy (non-hydrogen) atoms. The topological polar surface area (TPSA) is 68.0 Å². The summed E-state index contributed by atoms with van der Waals surface area (Å²) in [5, 5.41) is 12.7. The number of furan rings is 2. The zero-order valence-corrected chi connectivity index (χ0v) is 33.0. The minimum Gasteiger partial charge on any atom is -0.456 e. The molecule has 3 aromatic heterocycles. The average molecular weight is 785 g/mol. The first-order chi connectivity index (χ1) is 30.2. The molecule has 11 aromatic rings. The van der Waals surface area contributed by atoms with Crippen molar-refractivity contribution < 1.29 is 8.83 Å². The third-order valence-corrected chi connectivity index (χ3v) is 12.4. The molecule has 0 saturated carbocycles. The third-order valence-electron chi connectivity index (χ3n) is 12.4. The second-order valence-electron chi connectivity index (χ2n) is 16.1. The van der Waals surface area contributed by atoms with Crippen LogP contribution in [0, 0.1) is 0 Å². The SMILES string of the molecule is C1=CC(n2c3ccccc3c3ccc(-c4ccc5c(c4)oc4ccc(C6N=C(c7ccc8ccccc8c7)NC(c7ccc8oc9ccccc9c8c7)=N6)cc45)cc32)=CCC1. The van der Waals surface area contributed by atoms with Gasteiger partial charge < -0.3 is 18.7 Å². The number of aromatic nitrogens is 1. The van der Waals surface area contributed by atoms with Gasteiger partial charge in [-0.25, -0.2) is 9.98 Å². The lowest BCUT2D eigenvalue weighted by molar-refractivity contribution is 0.668. The van der Waals surface area contributed by atoms with Crippen molar-refractivity contribution in [3.05, 3.63) is 199 Å². The number of allylic oxidation sites excluding steroid dienone is 4. The van der Waals surface area contributed by atoms with Crippen LogP contribution in [0.25, 0.3) is 93.3 Å². The first kappa shape index (κ1) is 34.0. The molecule has 0 radical (unpaired) electrons. The summed E-state index contributed by atoms with van der Waals surface area (Å²) in [6, 6.07) is 57.8. The van der Waals surface area contributed by atoms with Gasteiger partial charge >= 0.3 is 0 Å². The molecular weight excluding hydrogens is 749 g/mol. The van der Waals surface area contributed by atoms with E-state index in [4.69, 9.17) is 18.8 Å². The largest absolute Gasteiger partial charge is 0.456 e. The van der Waals surface area contributed by atoms with E-state index in [1.807, 2.05) is 24.3 Å². The number of rotatable bonds is 5. The Morgan fingerprint density at radius 3 is 1.97 bits per heavy atom. The van der Waals surface area contributed by atoms with E-state index in [0.29, 0.717) is 0 Å². The highest BCUT2D eigenvalue weighted by atomic mass is 16.3. The van der Waals surface area contributed by atoms with Crippen LogP contribution in [0.1, 0.15) is 35.7 Å². The van der Waals surface area contributed by atoms with Gasteiger partial charge in [-0.15, -0.1) is 0 Å². The van der Waals surface area contributed by atoms with Crippen LogP contribution in [0.15, 0.2) is 201 Å². The predicted octanol–water partition coefficient (Wildman–Crippen LogP) is 14.1. The van der Waals surface area contributed by atoms with Gasteiger partial charge in [0.15, 0.2) is 6.17 Å². The number of nitrogens with one attached hydrogen (secondary N) is 1. The fourth-order valence-electron chi connectivity index (χ4n) is 9.43. The average Bonchev–Trinajstić information content (AvgIpc) is 4.00. The Bertz CT molecular complexity index is 3760. The molecular formula is C55H36N4O2. The quantitative estimate of drug-likeness (QED) is 0.189. The van der Waals surface area contributed by atoms with Crippen LogP contribution in [0.3, 0.4) is 0 Å². The molecule has 0 fully saturated rings. The summed E-state index contributed by atoms with van der Waals surface area (Å²) < 4.78 is 15.2. The minimum atomic E-state index is -0.490. The van der Waals surface area contributed by atoms with E-state index in [0.717, 1.165) is 102 Å². The Hall–Kier alpha value is -7.96. The molecule has 1 unspecified atom stereocenters. The van der Waals surface area contributed by atoms with Gasteiger partial charge in [-0.3, -0.25) is 0 Å². The zero-order chi connectivity index (χ0) is 40.0. The molecule has 0 spiro atoms. The maximum Gasteiger partial charge on any atom is 0.169 e. The number of hydrogen-bond acceptors (Lipinski definition) is 5. The highest BCUT2D eigenvalue weighted by Gasteiger charge is 2.23. The monoisotopic (exact) mass is 784 g/mol. The Morgan fingerprint density at radius 2 is 1.10 bits per heavy atom. The van der Waals surface area contributed by atoms with Crippen molar-refractivity contribution >= 4 is 93.8 Å². The van der Waals surface area contributed by atoms with Gasteiger partial charge in [0.1, 0.15) is 34.0 Å². The van der Waals surface area contributed by atoms with Crippen molar-refractivity contribution in [2.75, 3.05) is 0 Å². The molecule has 288 valence electrons. The summed E-state index contributed by atoms with van der Waals surface area (Å²) >= 11 is 0. The van der Waals surface area contributed by atoms with E-state index in [-0.39, 0.29) is 0 Å². The van der Waals surface area contributed by atoms with Gasteiger partial charge in [-0.1, -0.05) is 109 Å². The van der Waals surface area contributed by atoms with Crippen LogP contribution in [-0.2, 0) is 0 Å². The van der Waals surface area contributed by atoms with Crippen molar-refractivity contribution in [1.29, 1.82) is 0 Å².